The number of carbonyl (C=O) groups excluding carboxylic acids is 1. The minimum absolute atomic E-state index is 0.0855. The lowest BCUT2D eigenvalue weighted by molar-refractivity contribution is -0.124. The molecule has 0 radical (unpaired) electrons. The van der Waals surface area contributed by atoms with Gasteiger partial charge in [-0.15, -0.1) is 0 Å². The summed E-state index contributed by atoms with van der Waals surface area (Å²) in [6, 6.07) is 9.06. The first kappa shape index (κ1) is 28.5. The number of amidine groups is 1. The molecule has 1 spiro atoms. The molecule has 0 aromatic heterocycles. The highest BCUT2D eigenvalue weighted by atomic mass is 32.2. The van der Waals surface area contributed by atoms with Crippen LogP contribution in [0.4, 0.5) is 4.53 Å². The molecule has 13 heteroatoms. The summed E-state index contributed by atoms with van der Waals surface area (Å²) >= 11 is 0. The lowest BCUT2D eigenvalue weighted by Crippen LogP contribution is -2.50. The van der Waals surface area contributed by atoms with Crippen LogP contribution in [-0.2, 0) is 14.8 Å². The molecule has 11 nitrogen and oxygen atoms in total. The van der Waals surface area contributed by atoms with Crippen molar-refractivity contribution in [3.8, 4) is 17.2 Å². The molecule has 0 bridgehead atoms. The third-order valence-corrected chi connectivity index (χ3v) is 8.36. The molecule has 2 aromatic rings. The van der Waals surface area contributed by atoms with Gasteiger partial charge in [-0.3, -0.25) is 14.7 Å². The Morgan fingerprint density at radius 2 is 1.97 bits per heavy atom. The van der Waals surface area contributed by atoms with E-state index < -0.39 is 27.4 Å². The number of aryl methyl sites for hydroxylation is 1. The van der Waals surface area contributed by atoms with Crippen LogP contribution in [0.1, 0.15) is 36.0 Å². The molecule has 1 fully saturated rings. The fraction of sp³-hybridized carbons (Fsp3) is 0.385. The fourth-order valence-electron chi connectivity index (χ4n) is 4.41. The zero-order valence-corrected chi connectivity index (χ0v) is 22.0. The van der Waals surface area contributed by atoms with Gasteiger partial charge in [-0.2, -0.15) is 4.31 Å². The van der Waals surface area contributed by atoms with Gasteiger partial charge in [-0.25, -0.2) is 8.42 Å². The number of ether oxygens (including phenoxy) is 1. The molecule has 2 aliphatic heterocycles. The normalized spacial score (nSPS) is 18.3. The minimum atomic E-state index is -3.77. The molecule has 1 saturated heterocycles. The molecule has 4 N–H and O–H groups in total. The first-order valence-corrected chi connectivity index (χ1v) is 13.8. The van der Waals surface area contributed by atoms with Crippen molar-refractivity contribution < 1.29 is 42.7 Å². The highest BCUT2D eigenvalue weighted by molar-refractivity contribution is 7.92. The average Bonchev–Trinajstić information content (AvgIpc) is 3.23. The van der Waals surface area contributed by atoms with Crippen molar-refractivity contribution >= 4 is 27.8 Å². The molecular formula is C26H30FN3O8S. The SMILES string of the molecule is Cc1cc(OCCC(O)CO)ccc1/C=C/S(=O)(=O)N1CCC2(CC1)N=C(c1ccc(OF)c(O)c1)NC2=O. The number of aliphatic hydroxyl groups is 2. The number of benzene rings is 2. The van der Waals surface area contributed by atoms with Crippen molar-refractivity contribution in [2.75, 3.05) is 26.3 Å². The molecule has 2 aromatic carbocycles. The molecule has 2 aliphatic rings. The Labute approximate surface area is 225 Å². The number of aromatic hydroxyl groups is 1. The smallest absolute Gasteiger partial charge is 0.253 e. The van der Waals surface area contributed by atoms with Crippen LogP contribution in [-0.4, -0.2) is 77.7 Å². The number of hydrogen-bond acceptors (Lipinski definition) is 9. The average molecular weight is 564 g/mol. The number of halogens is 1. The number of nitrogens with zero attached hydrogens (tertiary/aromatic N) is 2. The largest absolute Gasteiger partial charge is 0.504 e. The molecule has 1 atom stereocenters. The molecule has 0 aliphatic carbocycles. The van der Waals surface area contributed by atoms with Crippen molar-refractivity contribution in [2.45, 2.75) is 37.8 Å². The van der Waals surface area contributed by atoms with Gasteiger partial charge in [0.25, 0.3) is 5.91 Å². The third kappa shape index (κ3) is 6.38. The van der Waals surface area contributed by atoms with E-state index >= 15 is 0 Å². The van der Waals surface area contributed by atoms with Crippen molar-refractivity contribution in [2.24, 2.45) is 4.99 Å². The van der Waals surface area contributed by atoms with E-state index in [0.29, 0.717) is 16.9 Å². The third-order valence-electron chi connectivity index (χ3n) is 6.80. The van der Waals surface area contributed by atoms with Crippen LogP contribution < -0.4 is 15.0 Å². The Morgan fingerprint density at radius 1 is 1.23 bits per heavy atom. The second-order valence-electron chi connectivity index (χ2n) is 9.44. The molecule has 0 saturated carbocycles. The van der Waals surface area contributed by atoms with E-state index in [1.807, 2.05) is 6.92 Å². The van der Waals surface area contributed by atoms with E-state index in [-0.39, 0.29) is 63.1 Å². The van der Waals surface area contributed by atoms with Crippen molar-refractivity contribution in [1.82, 2.24) is 9.62 Å². The standard InChI is InChI=1S/C26H30FN3O8S/c1-17-14-21(37-12-6-20(32)16-31)4-2-18(17)7-13-39(35,36)30-10-8-26(9-11-30)25(34)28-24(29-26)19-3-5-23(38-27)22(33)15-19/h2-5,7,13-15,20,31-33H,6,8-12,16H2,1H3,(H,28,29,34)/b13-7+. The van der Waals surface area contributed by atoms with Crippen molar-refractivity contribution in [1.29, 1.82) is 0 Å². The first-order valence-electron chi connectivity index (χ1n) is 12.3. The lowest BCUT2D eigenvalue weighted by atomic mass is 9.89. The Kier molecular flexibility index (Phi) is 8.54. The van der Waals surface area contributed by atoms with Gasteiger partial charge >= 0.3 is 0 Å². The van der Waals surface area contributed by atoms with Crippen LogP contribution in [0.5, 0.6) is 17.2 Å². The van der Waals surface area contributed by atoms with Crippen LogP contribution in [0.2, 0.25) is 0 Å². The van der Waals surface area contributed by atoms with E-state index in [4.69, 9.17) is 9.84 Å². The predicted molar refractivity (Wildman–Crippen MR) is 140 cm³/mol. The van der Waals surface area contributed by atoms with E-state index in [2.05, 4.69) is 15.3 Å². The van der Waals surface area contributed by atoms with E-state index in [0.717, 1.165) is 11.0 Å². The van der Waals surface area contributed by atoms with Gasteiger partial charge in [-0.05, 0) is 67.3 Å². The van der Waals surface area contributed by atoms with Crippen LogP contribution >= 0.6 is 0 Å². The van der Waals surface area contributed by atoms with Gasteiger partial charge in [0.1, 0.15) is 17.1 Å². The van der Waals surface area contributed by atoms with Gasteiger partial charge < -0.3 is 25.4 Å². The van der Waals surface area contributed by atoms with Gasteiger partial charge in [0.15, 0.2) is 5.75 Å². The number of aliphatic imine (C=N–C) groups is 1. The second kappa shape index (κ2) is 11.7. The fourth-order valence-corrected chi connectivity index (χ4v) is 5.59. The topological polar surface area (TPSA) is 158 Å². The summed E-state index contributed by atoms with van der Waals surface area (Å²) in [5.41, 5.74) is 0.717. The Hall–Kier alpha value is -3.52. The molecule has 2 heterocycles. The quantitative estimate of drug-likeness (QED) is 0.341. The monoisotopic (exact) mass is 563 g/mol. The number of phenols is 1. The predicted octanol–water partition coefficient (Wildman–Crippen LogP) is 1.80. The number of piperidine rings is 1. The van der Waals surface area contributed by atoms with E-state index in [1.54, 1.807) is 18.2 Å². The Bertz CT molecular complexity index is 1390. The molecule has 1 amide bonds. The van der Waals surface area contributed by atoms with E-state index in [1.165, 1.54) is 28.6 Å². The van der Waals surface area contributed by atoms with Crippen LogP contribution in [0.3, 0.4) is 0 Å². The van der Waals surface area contributed by atoms with Crippen LogP contribution in [0, 0.1) is 6.92 Å². The lowest BCUT2D eigenvalue weighted by Gasteiger charge is -2.34. The number of carbonyl (C=O) groups is 1. The summed E-state index contributed by atoms with van der Waals surface area (Å²) < 4.78 is 45.3. The Morgan fingerprint density at radius 3 is 2.62 bits per heavy atom. The van der Waals surface area contributed by atoms with E-state index in [9.17, 15) is 28.0 Å². The van der Waals surface area contributed by atoms with Crippen molar-refractivity contribution in [3.05, 3.63) is 58.5 Å². The van der Waals surface area contributed by atoms with Crippen LogP contribution in [0.15, 0.2) is 46.8 Å². The zero-order valence-electron chi connectivity index (χ0n) is 21.2. The summed E-state index contributed by atoms with van der Waals surface area (Å²) in [4.78, 5) is 20.9. The van der Waals surface area contributed by atoms with Gasteiger partial charge in [0.2, 0.25) is 15.8 Å². The number of phenolic OH excluding ortho intramolecular Hbond substituents is 1. The highest BCUT2D eigenvalue weighted by Gasteiger charge is 2.47. The highest BCUT2D eigenvalue weighted by Crippen LogP contribution is 2.34. The summed E-state index contributed by atoms with van der Waals surface area (Å²) in [7, 11) is -3.77. The minimum Gasteiger partial charge on any atom is -0.504 e. The second-order valence-corrected chi connectivity index (χ2v) is 11.3. The Balaban J connectivity index is 1.39. The van der Waals surface area contributed by atoms with Gasteiger partial charge in [0.05, 0.1) is 19.3 Å². The number of hydrogen-bond donors (Lipinski definition) is 4. The summed E-state index contributed by atoms with van der Waals surface area (Å²) in [5.74, 6) is -0.394. The van der Waals surface area contributed by atoms with Crippen LogP contribution in [0.25, 0.3) is 6.08 Å². The van der Waals surface area contributed by atoms with Gasteiger partial charge in [0, 0.05) is 35.0 Å². The summed E-state index contributed by atoms with van der Waals surface area (Å²) in [5, 5.41) is 31.9. The molecular weight excluding hydrogens is 533 g/mol. The first-order chi connectivity index (χ1) is 18.6. The zero-order chi connectivity index (χ0) is 28.2. The van der Waals surface area contributed by atoms with Gasteiger partial charge in [-0.1, -0.05) is 6.07 Å². The molecule has 210 valence electrons. The summed E-state index contributed by atoms with van der Waals surface area (Å²) in [6.07, 6.45) is 1.29. The maximum absolute atomic E-state index is 13.0. The maximum Gasteiger partial charge on any atom is 0.253 e. The van der Waals surface area contributed by atoms with Crippen molar-refractivity contribution in [3.63, 3.8) is 0 Å². The number of sulfonamides is 1. The molecule has 1 unspecified atom stereocenters. The number of rotatable bonds is 10. The number of nitrogens with one attached hydrogen (secondary N) is 1. The number of aliphatic hydroxyl groups excluding tert-OH is 2. The maximum atomic E-state index is 13.0. The summed E-state index contributed by atoms with van der Waals surface area (Å²) in [6.45, 7) is 1.88. The molecule has 39 heavy (non-hydrogen) atoms. The molecule has 4 rings (SSSR count). The number of amides is 1.